The lowest BCUT2D eigenvalue weighted by Crippen LogP contribution is -2.22. The van der Waals surface area contributed by atoms with Crippen LogP contribution in [0.4, 0.5) is 0 Å². The fourth-order valence-electron chi connectivity index (χ4n) is 1.54. The fraction of sp³-hybridized carbons (Fsp3) is 0.200. The molecule has 0 saturated heterocycles. The summed E-state index contributed by atoms with van der Waals surface area (Å²) in [6.45, 7) is 0. The molecule has 1 aromatic heterocycles. The number of aromatic nitrogens is 2. The average molecular weight is 291 g/mol. The maximum absolute atomic E-state index is 12.0. The number of fused-ring (bicyclic) bond motifs is 1. The van der Waals surface area contributed by atoms with Gasteiger partial charge < -0.3 is 0 Å². The topological polar surface area (TPSA) is 52.0 Å². The Morgan fingerprint density at radius 2 is 2.00 bits per heavy atom. The van der Waals surface area contributed by atoms with Crippen molar-refractivity contribution in [1.82, 2.24) is 9.55 Å². The van der Waals surface area contributed by atoms with Crippen LogP contribution in [-0.2, 0) is 17.8 Å². The molecule has 0 fully saturated rings. The second-order valence-electron chi connectivity index (χ2n) is 3.50. The van der Waals surface area contributed by atoms with Crippen LogP contribution in [-0.4, -0.2) is 20.0 Å². The number of hydrogen-bond acceptors (Lipinski definition) is 3. The molecule has 1 heterocycles. The third-order valence-corrected chi connectivity index (χ3v) is 3.70. The van der Waals surface area contributed by atoms with Crippen LogP contribution in [0.15, 0.2) is 22.1 Å². The quantitative estimate of drug-likeness (QED) is 0.755. The van der Waals surface area contributed by atoms with E-state index >= 15 is 0 Å². The molecule has 90 valence electrons. The van der Waals surface area contributed by atoms with E-state index in [4.69, 9.17) is 23.2 Å². The molecule has 2 aromatic rings. The molecular weight excluding hydrogens is 283 g/mol. The summed E-state index contributed by atoms with van der Waals surface area (Å²) in [5.41, 5.74) is 0.00830. The second kappa shape index (κ2) is 4.40. The van der Waals surface area contributed by atoms with Gasteiger partial charge in [-0.15, -0.1) is 0 Å². The Bertz CT molecular complexity index is 697. The van der Waals surface area contributed by atoms with Crippen LogP contribution in [0, 0.1) is 0 Å². The molecule has 2 rings (SSSR count). The van der Waals surface area contributed by atoms with Crippen LogP contribution in [0.1, 0.15) is 0 Å². The maximum atomic E-state index is 12.0. The molecule has 0 spiro atoms. The van der Waals surface area contributed by atoms with Gasteiger partial charge in [-0.25, -0.2) is 4.98 Å². The number of halogens is 2. The molecule has 0 aliphatic carbocycles. The second-order valence-corrected chi connectivity index (χ2v) is 5.61. The molecule has 7 heteroatoms. The lowest BCUT2D eigenvalue weighted by Gasteiger charge is -2.07. The Kier molecular flexibility index (Phi) is 3.25. The molecule has 0 amide bonds. The highest BCUT2D eigenvalue weighted by Gasteiger charge is 2.13. The van der Waals surface area contributed by atoms with E-state index in [0.717, 1.165) is 0 Å². The predicted molar refractivity (Wildman–Crippen MR) is 69.3 cm³/mol. The van der Waals surface area contributed by atoms with E-state index in [1.165, 1.54) is 30.0 Å². The highest BCUT2D eigenvalue weighted by atomic mass is 35.5. The third kappa shape index (κ3) is 2.10. The molecule has 17 heavy (non-hydrogen) atoms. The van der Waals surface area contributed by atoms with Crippen molar-refractivity contribution in [3.63, 3.8) is 0 Å². The van der Waals surface area contributed by atoms with Gasteiger partial charge in [-0.3, -0.25) is 13.6 Å². The van der Waals surface area contributed by atoms with E-state index in [1.807, 2.05) is 0 Å². The molecule has 1 atom stereocenters. The standard InChI is InChI=1S/C10H8Cl2N2O2S/c1-14-9(15)6-3-5(11)4-7(12)8(6)13-10(14)17(2)16/h3-4H,1-2H3/t17-/m1/s1. The molecule has 1 aromatic carbocycles. The minimum absolute atomic E-state index is 0.187. The molecule has 0 aliphatic heterocycles. The summed E-state index contributed by atoms with van der Waals surface area (Å²) in [5.74, 6) is 0. The lowest BCUT2D eigenvalue weighted by molar-refractivity contribution is 0.656. The van der Waals surface area contributed by atoms with E-state index in [0.29, 0.717) is 15.9 Å². The van der Waals surface area contributed by atoms with Crippen LogP contribution < -0.4 is 5.56 Å². The van der Waals surface area contributed by atoms with Crippen molar-refractivity contribution < 1.29 is 4.21 Å². The zero-order chi connectivity index (χ0) is 12.7. The summed E-state index contributed by atoms with van der Waals surface area (Å²) in [6.07, 6.45) is 1.46. The van der Waals surface area contributed by atoms with Crippen LogP contribution in [0.2, 0.25) is 10.0 Å². The zero-order valence-corrected chi connectivity index (χ0v) is 11.4. The first-order chi connectivity index (χ1) is 7.91. The van der Waals surface area contributed by atoms with Gasteiger partial charge in [-0.1, -0.05) is 23.2 Å². The van der Waals surface area contributed by atoms with Gasteiger partial charge >= 0.3 is 0 Å². The normalized spacial score (nSPS) is 12.9. The Morgan fingerprint density at radius 1 is 1.35 bits per heavy atom. The van der Waals surface area contributed by atoms with Crippen LogP contribution >= 0.6 is 23.2 Å². The summed E-state index contributed by atoms with van der Waals surface area (Å²) in [5, 5.41) is 1.15. The summed E-state index contributed by atoms with van der Waals surface area (Å²) in [4.78, 5) is 16.2. The van der Waals surface area contributed by atoms with Gasteiger partial charge in [0.2, 0.25) is 5.16 Å². The Balaban J connectivity index is 3.01. The largest absolute Gasteiger partial charge is 0.288 e. The summed E-state index contributed by atoms with van der Waals surface area (Å²) in [7, 11) is 0.154. The van der Waals surface area contributed by atoms with Crippen molar-refractivity contribution in [2.75, 3.05) is 6.26 Å². The van der Waals surface area contributed by atoms with Gasteiger partial charge in [0.05, 0.1) is 26.7 Å². The monoisotopic (exact) mass is 290 g/mol. The maximum Gasteiger partial charge on any atom is 0.261 e. The number of rotatable bonds is 1. The van der Waals surface area contributed by atoms with Crippen LogP contribution in [0.25, 0.3) is 10.9 Å². The smallest absolute Gasteiger partial charge is 0.261 e. The molecule has 0 aliphatic rings. The first kappa shape index (κ1) is 12.5. The Morgan fingerprint density at radius 3 is 2.59 bits per heavy atom. The van der Waals surface area contributed by atoms with Gasteiger partial charge in [0, 0.05) is 18.3 Å². The zero-order valence-electron chi connectivity index (χ0n) is 9.03. The molecule has 4 nitrogen and oxygen atoms in total. The molecule has 0 unspecified atom stereocenters. The highest BCUT2D eigenvalue weighted by molar-refractivity contribution is 7.84. The van der Waals surface area contributed by atoms with Crippen molar-refractivity contribution in [3.8, 4) is 0 Å². The molecule has 0 radical (unpaired) electrons. The first-order valence-corrected chi connectivity index (χ1v) is 6.92. The summed E-state index contributed by atoms with van der Waals surface area (Å²) in [6, 6.07) is 3.00. The highest BCUT2D eigenvalue weighted by Crippen LogP contribution is 2.24. The van der Waals surface area contributed by atoms with Crippen molar-refractivity contribution >= 4 is 44.9 Å². The van der Waals surface area contributed by atoms with E-state index < -0.39 is 10.8 Å². The third-order valence-electron chi connectivity index (χ3n) is 2.31. The van der Waals surface area contributed by atoms with Gasteiger partial charge in [0.15, 0.2) is 0 Å². The van der Waals surface area contributed by atoms with Crippen molar-refractivity contribution in [3.05, 3.63) is 32.5 Å². The Labute approximate surface area is 110 Å². The number of hydrogen-bond donors (Lipinski definition) is 0. The molecule has 0 N–H and O–H groups in total. The minimum Gasteiger partial charge on any atom is -0.288 e. The van der Waals surface area contributed by atoms with E-state index in [9.17, 15) is 9.00 Å². The minimum atomic E-state index is -1.36. The van der Waals surface area contributed by atoms with E-state index in [-0.39, 0.29) is 15.7 Å². The van der Waals surface area contributed by atoms with E-state index in [1.54, 1.807) is 0 Å². The van der Waals surface area contributed by atoms with Crippen molar-refractivity contribution in [2.24, 2.45) is 7.05 Å². The predicted octanol–water partition coefficient (Wildman–Crippen LogP) is 1.98. The van der Waals surface area contributed by atoms with Gasteiger partial charge in [0.25, 0.3) is 5.56 Å². The first-order valence-electron chi connectivity index (χ1n) is 4.61. The summed E-state index contributed by atoms with van der Waals surface area (Å²) >= 11 is 11.8. The average Bonchev–Trinajstić information content (AvgIpc) is 2.23. The SMILES string of the molecule is Cn1c([S@@](C)=O)nc2c(Cl)cc(Cl)cc2c1=O. The van der Waals surface area contributed by atoms with Crippen molar-refractivity contribution in [1.29, 1.82) is 0 Å². The fourth-order valence-corrected chi connectivity index (χ4v) is 2.76. The van der Waals surface area contributed by atoms with Crippen LogP contribution in [0.5, 0.6) is 0 Å². The van der Waals surface area contributed by atoms with Gasteiger partial charge in [0.1, 0.15) is 0 Å². The van der Waals surface area contributed by atoms with Crippen LogP contribution in [0.3, 0.4) is 0 Å². The molecular formula is C10H8Cl2N2O2S. The lowest BCUT2D eigenvalue weighted by atomic mass is 10.2. The number of nitrogens with zero attached hydrogens (tertiary/aromatic N) is 2. The summed E-state index contributed by atoms with van der Waals surface area (Å²) < 4.78 is 12.7. The molecule has 0 saturated carbocycles. The number of benzene rings is 1. The van der Waals surface area contributed by atoms with Crippen molar-refractivity contribution in [2.45, 2.75) is 5.16 Å². The molecule has 0 bridgehead atoms. The van der Waals surface area contributed by atoms with Gasteiger partial charge in [-0.05, 0) is 12.1 Å². The van der Waals surface area contributed by atoms with E-state index in [2.05, 4.69) is 4.98 Å². The van der Waals surface area contributed by atoms with Gasteiger partial charge in [-0.2, -0.15) is 0 Å². The Hall–Kier alpha value is -0.910.